The molecule has 3 rings (SSSR count). The molecule has 1 fully saturated rings. The standard InChI is InChI=1S/C21H26N4O4/c1-4-24-10-12-25(13-11-24)21(27)17-7-5-6-16(23-17)20(26)22-15-8-9-18(28-2)19(14-15)29-3/h5-9,14H,4,10-13H2,1-3H3,(H,22,26). The Morgan fingerprint density at radius 1 is 1.00 bits per heavy atom. The second-order valence-electron chi connectivity index (χ2n) is 6.66. The summed E-state index contributed by atoms with van der Waals surface area (Å²) in [5.41, 5.74) is 0.995. The van der Waals surface area contributed by atoms with Crippen molar-refractivity contribution in [3.05, 3.63) is 47.8 Å². The molecule has 2 aromatic rings. The molecule has 0 radical (unpaired) electrons. The SMILES string of the molecule is CCN1CCN(C(=O)c2cccc(C(=O)Nc3ccc(OC)c(OC)c3)n2)CC1. The molecule has 2 heterocycles. The van der Waals surface area contributed by atoms with Crippen LogP contribution < -0.4 is 14.8 Å². The lowest BCUT2D eigenvalue weighted by molar-refractivity contribution is 0.0637. The van der Waals surface area contributed by atoms with Crippen molar-refractivity contribution in [2.45, 2.75) is 6.92 Å². The van der Waals surface area contributed by atoms with Gasteiger partial charge < -0.3 is 24.6 Å². The van der Waals surface area contributed by atoms with Gasteiger partial charge in [-0.2, -0.15) is 0 Å². The zero-order valence-corrected chi connectivity index (χ0v) is 17.0. The van der Waals surface area contributed by atoms with Crippen molar-refractivity contribution < 1.29 is 19.1 Å². The smallest absolute Gasteiger partial charge is 0.274 e. The van der Waals surface area contributed by atoms with Crippen LogP contribution in [0.3, 0.4) is 0 Å². The van der Waals surface area contributed by atoms with Gasteiger partial charge in [0.1, 0.15) is 11.4 Å². The van der Waals surface area contributed by atoms with Crippen molar-refractivity contribution in [1.82, 2.24) is 14.8 Å². The van der Waals surface area contributed by atoms with Crippen molar-refractivity contribution in [1.29, 1.82) is 0 Å². The highest BCUT2D eigenvalue weighted by atomic mass is 16.5. The molecule has 2 amide bonds. The number of benzene rings is 1. The molecule has 29 heavy (non-hydrogen) atoms. The Bertz CT molecular complexity index is 879. The van der Waals surface area contributed by atoms with E-state index in [1.165, 1.54) is 7.11 Å². The average Bonchev–Trinajstić information content (AvgIpc) is 2.78. The van der Waals surface area contributed by atoms with E-state index in [-0.39, 0.29) is 17.3 Å². The van der Waals surface area contributed by atoms with E-state index in [0.29, 0.717) is 30.3 Å². The highest BCUT2D eigenvalue weighted by molar-refractivity contribution is 6.04. The third-order valence-electron chi connectivity index (χ3n) is 4.95. The predicted molar refractivity (Wildman–Crippen MR) is 110 cm³/mol. The lowest BCUT2D eigenvalue weighted by atomic mass is 10.2. The molecule has 8 heteroatoms. The molecule has 8 nitrogen and oxygen atoms in total. The van der Waals surface area contributed by atoms with Gasteiger partial charge in [-0.15, -0.1) is 0 Å². The van der Waals surface area contributed by atoms with Crippen molar-refractivity contribution in [3.8, 4) is 11.5 Å². The summed E-state index contributed by atoms with van der Waals surface area (Å²) in [4.78, 5) is 33.8. The molecule has 1 aromatic heterocycles. The molecule has 1 aliphatic rings. The summed E-state index contributed by atoms with van der Waals surface area (Å²) in [7, 11) is 3.07. The summed E-state index contributed by atoms with van der Waals surface area (Å²) in [6.45, 7) is 6.11. The van der Waals surface area contributed by atoms with Crippen LogP contribution in [0.2, 0.25) is 0 Å². The fraction of sp³-hybridized carbons (Fsp3) is 0.381. The number of carbonyl (C=O) groups is 2. The third-order valence-corrected chi connectivity index (χ3v) is 4.95. The molecule has 1 aliphatic heterocycles. The van der Waals surface area contributed by atoms with Gasteiger partial charge in [-0.3, -0.25) is 9.59 Å². The van der Waals surface area contributed by atoms with Crippen molar-refractivity contribution >= 4 is 17.5 Å². The monoisotopic (exact) mass is 398 g/mol. The number of ether oxygens (including phenoxy) is 2. The molecule has 0 unspecified atom stereocenters. The maximum Gasteiger partial charge on any atom is 0.274 e. The first-order valence-electron chi connectivity index (χ1n) is 9.57. The number of nitrogens with one attached hydrogen (secondary N) is 1. The minimum absolute atomic E-state index is 0.151. The number of aromatic nitrogens is 1. The molecule has 1 aromatic carbocycles. The molecule has 0 saturated carbocycles. The molecule has 0 bridgehead atoms. The number of hydrogen-bond acceptors (Lipinski definition) is 6. The molecule has 1 saturated heterocycles. The largest absolute Gasteiger partial charge is 0.493 e. The summed E-state index contributed by atoms with van der Waals surface area (Å²) in [6, 6.07) is 9.98. The van der Waals surface area contributed by atoms with E-state index in [2.05, 4.69) is 22.1 Å². The fourth-order valence-electron chi connectivity index (χ4n) is 3.22. The number of rotatable bonds is 6. The Balaban J connectivity index is 1.70. The number of amides is 2. The number of hydrogen-bond donors (Lipinski definition) is 1. The Labute approximate surface area is 170 Å². The maximum atomic E-state index is 12.8. The minimum atomic E-state index is -0.400. The van der Waals surface area contributed by atoms with Gasteiger partial charge in [0.05, 0.1) is 14.2 Å². The lowest BCUT2D eigenvalue weighted by Crippen LogP contribution is -2.48. The number of piperazine rings is 1. The Morgan fingerprint density at radius 3 is 2.34 bits per heavy atom. The Hall–Kier alpha value is -3.13. The van der Waals surface area contributed by atoms with Crippen LogP contribution >= 0.6 is 0 Å². The number of methoxy groups -OCH3 is 2. The van der Waals surface area contributed by atoms with Crippen molar-refractivity contribution in [2.24, 2.45) is 0 Å². The molecule has 1 N–H and O–H groups in total. The van der Waals surface area contributed by atoms with Gasteiger partial charge >= 0.3 is 0 Å². The van der Waals surface area contributed by atoms with Gasteiger partial charge in [-0.05, 0) is 30.8 Å². The summed E-state index contributed by atoms with van der Waals surface area (Å²) in [5, 5.41) is 2.77. The molecular weight excluding hydrogens is 372 g/mol. The predicted octanol–water partition coefficient (Wildman–Crippen LogP) is 2.13. The highest BCUT2D eigenvalue weighted by Crippen LogP contribution is 2.29. The van der Waals surface area contributed by atoms with Crippen molar-refractivity contribution in [3.63, 3.8) is 0 Å². The van der Waals surface area contributed by atoms with Crippen LogP contribution in [0, 0.1) is 0 Å². The molecule has 0 atom stereocenters. The lowest BCUT2D eigenvalue weighted by Gasteiger charge is -2.33. The van der Waals surface area contributed by atoms with E-state index in [1.807, 2.05) is 0 Å². The van der Waals surface area contributed by atoms with Crippen LogP contribution in [0.15, 0.2) is 36.4 Å². The van der Waals surface area contributed by atoms with E-state index >= 15 is 0 Å². The number of likely N-dealkylation sites (N-methyl/N-ethyl adjacent to an activating group) is 1. The summed E-state index contributed by atoms with van der Waals surface area (Å²) in [6.07, 6.45) is 0. The Kier molecular flexibility index (Phi) is 6.66. The van der Waals surface area contributed by atoms with E-state index in [1.54, 1.807) is 48.4 Å². The van der Waals surface area contributed by atoms with Gasteiger partial charge in [0, 0.05) is 37.9 Å². The molecule has 0 aliphatic carbocycles. The van der Waals surface area contributed by atoms with E-state index in [0.717, 1.165) is 19.6 Å². The average molecular weight is 398 g/mol. The highest BCUT2D eigenvalue weighted by Gasteiger charge is 2.23. The number of pyridine rings is 1. The minimum Gasteiger partial charge on any atom is -0.493 e. The summed E-state index contributed by atoms with van der Waals surface area (Å²) < 4.78 is 10.5. The molecule has 0 spiro atoms. The summed E-state index contributed by atoms with van der Waals surface area (Å²) >= 11 is 0. The normalized spacial score (nSPS) is 14.4. The van der Waals surface area contributed by atoms with Gasteiger partial charge in [0.25, 0.3) is 11.8 Å². The van der Waals surface area contributed by atoms with E-state index in [9.17, 15) is 9.59 Å². The fourth-order valence-corrected chi connectivity index (χ4v) is 3.22. The van der Waals surface area contributed by atoms with Crippen LogP contribution in [0.25, 0.3) is 0 Å². The number of nitrogens with zero attached hydrogens (tertiary/aromatic N) is 3. The zero-order chi connectivity index (χ0) is 20.8. The first kappa shape index (κ1) is 20.6. The van der Waals surface area contributed by atoms with Crippen LogP contribution in [-0.2, 0) is 0 Å². The topological polar surface area (TPSA) is 84.0 Å². The first-order valence-corrected chi connectivity index (χ1v) is 9.57. The van der Waals surface area contributed by atoms with Crippen molar-refractivity contribution in [2.75, 3.05) is 52.3 Å². The van der Waals surface area contributed by atoms with Gasteiger partial charge in [0.15, 0.2) is 11.5 Å². The quantitative estimate of drug-likeness (QED) is 0.803. The first-order chi connectivity index (χ1) is 14.0. The second kappa shape index (κ2) is 9.38. The van der Waals surface area contributed by atoms with Crippen LogP contribution in [0.5, 0.6) is 11.5 Å². The van der Waals surface area contributed by atoms with Crippen LogP contribution in [0.4, 0.5) is 5.69 Å². The maximum absolute atomic E-state index is 12.8. The zero-order valence-electron chi connectivity index (χ0n) is 17.0. The van der Waals surface area contributed by atoms with E-state index < -0.39 is 5.91 Å². The number of anilines is 1. The second-order valence-corrected chi connectivity index (χ2v) is 6.66. The third kappa shape index (κ3) is 4.83. The van der Waals surface area contributed by atoms with Gasteiger partial charge in [0.2, 0.25) is 0 Å². The van der Waals surface area contributed by atoms with E-state index in [4.69, 9.17) is 9.47 Å². The van der Waals surface area contributed by atoms with Crippen LogP contribution in [-0.4, -0.2) is 73.5 Å². The van der Waals surface area contributed by atoms with Gasteiger partial charge in [-0.25, -0.2) is 4.98 Å². The molecule has 154 valence electrons. The summed E-state index contributed by atoms with van der Waals surface area (Å²) in [5.74, 6) is 0.525. The molecular formula is C21H26N4O4. The van der Waals surface area contributed by atoms with Crippen LogP contribution in [0.1, 0.15) is 27.9 Å². The number of carbonyl (C=O) groups excluding carboxylic acids is 2. The van der Waals surface area contributed by atoms with Gasteiger partial charge in [-0.1, -0.05) is 13.0 Å². The Morgan fingerprint density at radius 2 is 1.69 bits per heavy atom.